The zero-order valence-corrected chi connectivity index (χ0v) is 30.1. The number of aromatic nitrogens is 3. The fourth-order valence-corrected chi connectivity index (χ4v) is 6.55. The second-order valence-corrected chi connectivity index (χ2v) is 14.1. The molecule has 1 saturated heterocycles. The zero-order chi connectivity index (χ0) is 37.1. The Morgan fingerprint density at radius 2 is 1.71 bits per heavy atom. The van der Waals surface area contributed by atoms with E-state index in [2.05, 4.69) is 31.6 Å². The Bertz CT molecular complexity index is 1530. The molecule has 0 aliphatic carbocycles. The fraction of sp³-hybridized carbons (Fsp3) is 0.611. The van der Waals surface area contributed by atoms with Crippen molar-refractivity contribution in [3.8, 4) is 0 Å². The minimum absolute atomic E-state index is 0.0662. The molecule has 3 heterocycles. The third-order valence-electron chi connectivity index (χ3n) is 9.62. The number of nitrogens with two attached hydrogens (primary N) is 1. The van der Waals surface area contributed by atoms with Crippen LogP contribution in [0.4, 0.5) is 0 Å². The maximum atomic E-state index is 14.1. The van der Waals surface area contributed by atoms with Gasteiger partial charge in [0.25, 0.3) is 0 Å². The van der Waals surface area contributed by atoms with Crippen LogP contribution in [0.5, 0.6) is 0 Å². The largest absolute Gasteiger partial charge is 0.368 e. The number of nitrogens with one attached hydrogen (secondary N) is 4. The van der Waals surface area contributed by atoms with Gasteiger partial charge in [0.15, 0.2) is 0 Å². The van der Waals surface area contributed by atoms with Crippen molar-refractivity contribution >= 4 is 35.4 Å². The second-order valence-electron chi connectivity index (χ2n) is 14.1. The van der Waals surface area contributed by atoms with E-state index in [9.17, 15) is 28.8 Å². The van der Waals surface area contributed by atoms with Crippen molar-refractivity contribution in [3.63, 3.8) is 0 Å². The Morgan fingerprint density at radius 3 is 2.39 bits per heavy atom. The van der Waals surface area contributed by atoms with Gasteiger partial charge in [-0.15, -0.1) is 5.10 Å². The van der Waals surface area contributed by atoms with Crippen molar-refractivity contribution < 1.29 is 28.8 Å². The van der Waals surface area contributed by atoms with Gasteiger partial charge >= 0.3 is 0 Å². The fourth-order valence-electron chi connectivity index (χ4n) is 6.55. The van der Waals surface area contributed by atoms with Gasteiger partial charge in [0.1, 0.15) is 30.2 Å². The van der Waals surface area contributed by atoms with Crippen molar-refractivity contribution in [2.45, 2.75) is 122 Å². The Kier molecular flexibility index (Phi) is 14.1. The Hall–Kier alpha value is -4.82. The monoisotopic (exact) mass is 707 g/mol. The molecule has 0 radical (unpaired) electrons. The first-order valence-electron chi connectivity index (χ1n) is 18.1. The van der Waals surface area contributed by atoms with Gasteiger partial charge in [-0.05, 0) is 55.9 Å². The Labute approximate surface area is 299 Å². The predicted octanol–water partition coefficient (Wildman–Crippen LogP) is 0.755. The van der Waals surface area contributed by atoms with Gasteiger partial charge in [-0.1, -0.05) is 69.7 Å². The first kappa shape index (κ1) is 39.0. The number of carbonyl (C=O) groups excluding carboxylic acids is 6. The van der Waals surface area contributed by atoms with Crippen LogP contribution in [0.1, 0.15) is 83.9 Å². The molecule has 15 heteroatoms. The number of benzene rings is 1. The minimum atomic E-state index is -1.10. The van der Waals surface area contributed by atoms with Gasteiger partial charge in [0.2, 0.25) is 35.4 Å². The van der Waals surface area contributed by atoms with Crippen LogP contribution in [0.25, 0.3) is 0 Å². The lowest BCUT2D eigenvalue weighted by atomic mass is 9.96. The molecule has 1 fully saturated rings. The lowest BCUT2D eigenvalue weighted by molar-refractivity contribution is -0.142. The van der Waals surface area contributed by atoms with Crippen LogP contribution in [0.15, 0.2) is 36.5 Å². The molecule has 278 valence electrons. The first-order chi connectivity index (χ1) is 24.4. The van der Waals surface area contributed by atoms with E-state index in [1.54, 1.807) is 10.9 Å². The number of nitrogens with zero attached hydrogens (tertiary/aromatic N) is 4. The van der Waals surface area contributed by atoms with Gasteiger partial charge in [-0.25, -0.2) is 0 Å². The van der Waals surface area contributed by atoms with Crippen LogP contribution in [-0.2, 0) is 48.2 Å². The summed E-state index contributed by atoms with van der Waals surface area (Å²) in [6, 6.07) is 4.57. The normalized spacial score (nSPS) is 23.7. The number of aryl methyl sites for hydroxylation is 2. The lowest BCUT2D eigenvalue weighted by Crippen LogP contribution is -2.60. The molecule has 2 bridgehead atoms. The number of primary amides is 1. The maximum absolute atomic E-state index is 14.1. The van der Waals surface area contributed by atoms with Crippen molar-refractivity contribution in [1.29, 1.82) is 0 Å². The Morgan fingerprint density at radius 1 is 0.961 bits per heavy atom. The number of amides is 6. The van der Waals surface area contributed by atoms with Gasteiger partial charge in [0, 0.05) is 32.1 Å². The predicted molar refractivity (Wildman–Crippen MR) is 188 cm³/mol. The standard InChI is InChI=1S/C36H53N9O6/c1-5-23(4)31-35(50)39-26(33(48)40-27(32(37)47)19-22(2)3)16-18-44-21-25(42-43-44)13-9-15-30(46)38-28(20-24-11-7-6-8-12-24)36(51)45-17-10-14-29(45)34(49)41-31/h6-8,11-12,21-23,26-29,31H,5,9-10,13-20H2,1-4H3,(H2,37,47)(H,38,46)(H,39,50)(H,40,48)(H,41,49)/t23-,26-,27-,28-,29-,31-/m0/s1. The lowest BCUT2D eigenvalue weighted by Gasteiger charge is -2.31. The second kappa shape index (κ2) is 18.4. The summed E-state index contributed by atoms with van der Waals surface area (Å²) in [5.74, 6) is -3.25. The number of hydrogen-bond acceptors (Lipinski definition) is 8. The van der Waals surface area contributed by atoms with E-state index in [1.165, 1.54) is 4.90 Å². The molecular formula is C36H53N9O6. The molecule has 0 saturated carbocycles. The molecule has 2 aliphatic rings. The van der Waals surface area contributed by atoms with E-state index in [0.29, 0.717) is 50.8 Å². The summed E-state index contributed by atoms with van der Waals surface area (Å²) < 4.78 is 1.55. The number of hydrogen-bond donors (Lipinski definition) is 5. The molecule has 1 aromatic heterocycles. The van der Waals surface area contributed by atoms with Crippen LogP contribution < -0.4 is 27.0 Å². The zero-order valence-electron chi connectivity index (χ0n) is 30.1. The van der Waals surface area contributed by atoms with Crippen molar-refractivity contribution in [2.75, 3.05) is 6.54 Å². The number of fused-ring (bicyclic) bond motifs is 3. The molecule has 6 atom stereocenters. The smallest absolute Gasteiger partial charge is 0.246 e. The highest BCUT2D eigenvalue weighted by Crippen LogP contribution is 2.21. The summed E-state index contributed by atoms with van der Waals surface area (Å²) >= 11 is 0. The highest BCUT2D eigenvalue weighted by atomic mass is 16.2. The van der Waals surface area contributed by atoms with Gasteiger partial charge in [-0.2, -0.15) is 0 Å². The molecule has 6 N–H and O–H groups in total. The van der Waals surface area contributed by atoms with Crippen molar-refractivity contribution in [3.05, 3.63) is 47.8 Å². The summed E-state index contributed by atoms with van der Waals surface area (Å²) in [6.07, 6.45) is 4.95. The van der Waals surface area contributed by atoms with Gasteiger partial charge < -0.3 is 31.9 Å². The van der Waals surface area contributed by atoms with Gasteiger partial charge in [0.05, 0.1) is 5.69 Å². The van der Waals surface area contributed by atoms with Crippen LogP contribution in [-0.4, -0.2) is 92.1 Å². The summed E-state index contributed by atoms with van der Waals surface area (Å²) in [5.41, 5.74) is 7.11. The molecule has 2 aromatic rings. The SMILES string of the molecule is CC[C@H](C)[C@@H]1NC(=O)[C@@H]2CCCN2C(=O)[C@H](Cc2ccccc2)NC(=O)CCCc2cn(nn2)CC[C@@H](C(=O)N[C@@H](CC(C)C)C(N)=O)NC1=O. The third kappa shape index (κ3) is 11.1. The van der Waals surface area contributed by atoms with Gasteiger partial charge in [-0.3, -0.25) is 33.4 Å². The molecule has 0 spiro atoms. The minimum Gasteiger partial charge on any atom is -0.368 e. The van der Waals surface area contributed by atoms with E-state index in [0.717, 1.165) is 5.56 Å². The average Bonchev–Trinajstić information content (AvgIpc) is 3.77. The average molecular weight is 708 g/mol. The third-order valence-corrected chi connectivity index (χ3v) is 9.62. The topological polar surface area (TPSA) is 211 Å². The van der Waals surface area contributed by atoms with Crippen molar-refractivity contribution in [1.82, 2.24) is 41.2 Å². The van der Waals surface area contributed by atoms with E-state index < -0.39 is 53.8 Å². The highest BCUT2D eigenvalue weighted by Gasteiger charge is 2.40. The maximum Gasteiger partial charge on any atom is 0.246 e. The number of rotatable bonds is 9. The quantitative estimate of drug-likeness (QED) is 0.251. The highest BCUT2D eigenvalue weighted by molar-refractivity contribution is 5.96. The van der Waals surface area contributed by atoms with E-state index in [-0.39, 0.29) is 49.5 Å². The summed E-state index contributed by atoms with van der Waals surface area (Å²) in [7, 11) is 0. The molecule has 0 unspecified atom stereocenters. The molecule has 15 nitrogen and oxygen atoms in total. The van der Waals surface area contributed by atoms with Crippen molar-refractivity contribution in [2.24, 2.45) is 17.6 Å². The first-order valence-corrected chi connectivity index (χ1v) is 18.1. The Balaban J connectivity index is 1.64. The molecular weight excluding hydrogens is 654 g/mol. The molecule has 4 rings (SSSR count). The molecule has 51 heavy (non-hydrogen) atoms. The summed E-state index contributed by atoms with van der Waals surface area (Å²) in [4.78, 5) is 82.5. The van der Waals surface area contributed by atoms with Crippen LogP contribution in [0, 0.1) is 11.8 Å². The van der Waals surface area contributed by atoms with Crippen LogP contribution >= 0.6 is 0 Å². The molecule has 2 aliphatic heterocycles. The summed E-state index contributed by atoms with van der Waals surface area (Å²) in [6.45, 7) is 8.05. The van der Waals surface area contributed by atoms with Crippen LogP contribution in [0.3, 0.4) is 0 Å². The van der Waals surface area contributed by atoms with E-state index in [1.807, 2.05) is 58.0 Å². The van der Waals surface area contributed by atoms with E-state index >= 15 is 0 Å². The number of carbonyl (C=O) groups is 6. The molecule has 6 amide bonds. The van der Waals surface area contributed by atoms with Crippen LogP contribution in [0.2, 0.25) is 0 Å². The van der Waals surface area contributed by atoms with E-state index in [4.69, 9.17) is 5.73 Å². The summed E-state index contributed by atoms with van der Waals surface area (Å²) in [5, 5.41) is 19.7. The molecule has 1 aromatic carbocycles.